The molecule has 3 rings (SSSR count). The Labute approximate surface area is 145 Å². The van der Waals surface area contributed by atoms with Crippen molar-refractivity contribution in [2.24, 2.45) is 0 Å². The summed E-state index contributed by atoms with van der Waals surface area (Å²) in [5, 5.41) is 0.419. The molecule has 0 N–H and O–H groups in total. The van der Waals surface area contributed by atoms with Gasteiger partial charge in [0.15, 0.2) is 0 Å². The first-order valence-corrected chi connectivity index (χ1v) is 7.50. The van der Waals surface area contributed by atoms with Gasteiger partial charge in [0.25, 0.3) is 0 Å². The van der Waals surface area contributed by atoms with E-state index in [0.717, 1.165) is 14.2 Å². The largest absolute Gasteiger partial charge is 0.466 e. The Kier molecular flexibility index (Phi) is 3.86. The van der Waals surface area contributed by atoms with Crippen molar-refractivity contribution < 1.29 is 27.8 Å². The zero-order valence-corrected chi connectivity index (χ0v) is 14.0. The SMILES string of the molecule is COC(=O)C1=C(C(=O)OC)C2(c3ccc(Cl)cc3Cl)CN2C1(F)F. The lowest BCUT2D eigenvalue weighted by molar-refractivity contribution is -0.144. The van der Waals surface area contributed by atoms with Gasteiger partial charge in [0, 0.05) is 16.6 Å². The molecule has 1 saturated heterocycles. The van der Waals surface area contributed by atoms with Crippen molar-refractivity contribution in [3.05, 3.63) is 45.0 Å². The minimum atomic E-state index is -3.68. The molecule has 24 heavy (non-hydrogen) atoms. The number of nitrogens with zero attached hydrogens (tertiary/aromatic N) is 1. The molecule has 2 aliphatic rings. The quantitative estimate of drug-likeness (QED) is 0.460. The van der Waals surface area contributed by atoms with E-state index in [-0.39, 0.29) is 17.1 Å². The highest BCUT2D eigenvalue weighted by atomic mass is 35.5. The summed E-state index contributed by atoms with van der Waals surface area (Å²) in [4.78, 5) is 24.8. The number of ether oxygens (including phenoxy) is 2. The van der Waals surface area contributed by atoms with Crippen LogP contribution in [0.15, 0.2) is 29.3 Å². The van der Waals surface area contributed by atoms with Crippen LogP contribution in [-0.4, -0.2) is 43.6 Å². The monoisotopic (exact) mass is 377 g/mol. The number of carbonyl (C=O) groups is 2. The van der Waals surface area contributed by atoms with Gasteiger partial charge in [-0.15, -0.1) is 0 Å². The molecule has 0 bridgehead atoms. The number of hydrogen-bond donors (Lipinski definition) is 0. The second-order valence-electron chi connectivity index (χ2n) is 5.34. The molecule has 2 heterocycles. The zero-order chi connectivity index (χ0) is 17.9. The van der Waals surface area contributed by atoms with Gasteiger partial charge < -0.3 is 9.47 Å². The number of alkyl halides is 2. The first-order valence-electron chi connectivity index (χ1n) is 6.74. The number of esters is 2. The van der Waals surface area contributed by atoms with E-state index in [1.54, 1.807) is 0 Å². The van der Waals surface area contributed by atoms with E-state index in [1.807, 2.05) is 0 Å². The van der Waals surface area contributed by atoms with Gasteiger partial charge in [-0.25, -0.2) is 14.5 Å². The Morgan fingerprint density at radius 2 is 1.71 bits per heavy atom. The van der Waals surface area contributed by atoms with Crippen LogP contribution in [-0.2, 0) is 24.6 Å². The minimum absolute atomic E-state index is 0.105. The zero-order valence-electron chi connectivity index (χ0n) is 12.5. The molecule has 2 unspecified atom stereocenters. The van der Waals surface area contributed by atoms with E-state index >= 15 is 0 Å². The lowest BCUT2D eigenvalue weighted by atomic mass is 9.88. The molecule has 0 spiro atoms. The smallest absolute Gasteiger partial charge is 0.342 e. The standard InChI is InChI=1S/C15H11Cl2F2NO4/c1-23-12(21)10-11(13(22)24-2)15(18,19)20-6-14(10,20)8-4-3-7(16)5-9(8)17/h3-5H,6H2,1-2H3. The lowest BCUT2D eigenvalue weighted by Crippen LogP contribution is -2.32. The maximum absolute atomic E-state index is 14.7. The fraction of sp³-hybridized carbons (Fsp3) is 0.333. The second-order valence-corrected chi connectivity index (χ2v) is 6.19. The van der Waals surface area contributed by atoms with E-state index in [9.17, 15) is 18.4 Å². The summed E-state index contributed by atoms with van der Waals surface area (Å²) in [7, 11) is 2.01. The van der Waals surface area contributed by atoms with Gasteiger partial charge in [-0.2, -0.15) is 8.78 Å². The predicted octanol–water partition coefficient (Wildman–Crippen LogP) is 2.75. The third-order valence-electron chi connectivity index (χ3n) is 4.20. The Bertz CT molecular complexity index is 796. The molecule has 2 atom stereocenters. The van der Waals surface area contributed by atoms with E-state index < -0.39 is 34.7 Å². The topological polar surface area (TPSA) is 55.6 Å². The number of fused-ring (bicyclic) bond motifs is 1. The fourth-order valence-corrected chi connectivity index (χ4v) is 3.69. The Morgan fingerprint density at radius 3 is 2.25 bits per heavy atom. The summed E-state index contributed by atoms with van der Waals surface area (Å²) < 4.78 is 38.4. The van der Waals surface area contributed by atoms with Crippen LogP contribution >= 0.6 is 23.2 Å². The molecule has 0 amide bonds. The van der Waals surface area contributed by atoms with Gasteiger partial charge in [-0.05, 0) is 17.7 Å². The van der Waals surface area contributed by atoms with E-state index in [4.69, 9.17) is 23.2 Å². The van der Waals surface area contributed by atoms with Crippen molar-refractivity contribution in [2.75, 3.05) is 20.8 Å². The van der Waals surface area contributed by atoms with E-state index in [1.165, 1.54) is 18.2 Å². The number of halogens is 4. The molecule has 1 fully saturated rings. The van der Waals surface area contributed by atoms with Gasteiger partial charge >= 0.3 is 18.0 Å². The molecule has 2 aliphatic heterocycles. The maximum Gasteiger partial charge on any atom is 0.342 e. The predicted molar refractivity (Wildman–Crippen MR) is 80.9 cm³/mol. The third kappa shape index (κ3) is 2.08. The highest BCUT2D eigenvalue weighted by Crippen LogP contribution is 2.64. The minimum Gasteiger partial charge on any atom is -0.466 e. The molecule has 0 aromatic heterocycles. The van der Waals surface area contributed by atoms with Crippen molar-refractivity contribution in [1.82, 2.24) is 4.90 Å². The maximum atomic E-state index is 14.7. The second kappa shape index (κ2) is 5.40. The molecule has 1 aromatic rings. The van der Waals surface area contributed by atoms with Crippen molar-refractivity contribution in [3.63, 3.8) is 0 Å². The van der Waals surface area contributed by atoms with Crippen molar-refractivity contribution in [1.29, 1.82) is 0 Å². The summed E-state index contributed by atoms with van der Waals surface area (Å²) >= 11 is 12.0. The molecule has 0 aliphatic carbocycles. The third-order valence-corrected chi connectivity index (χ3v) is 4.75. The highest BCUT2D eigenvalue weighted by Gasteiger charge is 2.77. The lowest BCUT2D eigenvalue weighted by Gasteiger charge is -2.17. The first-order chi connectivity index (χ1) is 11.2. The summed E-state index contributed by atoms with van der Waals surface area (Å²) in [5.41, 5.74) is -2.80. The van der Waals surface area contributed by atoms with Crippen LogP contribution in [0, 0.1) is 0 Å². The molecule has 1 aromatic carbocycles. The molecule has 128 valence electrons. The van der Waals surface area contributed by atoms with Crippen LogP contribution in [0.2, 0.25) is 10.0 Å². The average Bonchev–Trinajstić information content (AvgIpc) is 3.23. The van der Waals surface area contributed by atoms with Crippen LogP contribution < -0.4 is 0 Å². The van der Waals surface area contributed by atoms with Crippen molar-refractivity contribution >= 4 is 35.1 Å². The summed E-state index contributed by atoms with van der Waals surface area (Å²) in [6.45, 7) is -0.188. The normalized spacial score (nSPS) is 26.8. The number of carbonyl (C=O) groups excluding carboxylic acids is 2. The molecule has 5 nitrogen and oxygen atoms in total. The van der Waals surface area contributed by atoms with Crippen molar-refractivity contribution in [3.8, 4) is 0 Å². The first kappa shape index (κ1) is 17.1. The number of benzene rings is 1. The number of methoxy groups -OCH3 is 2. The van der Waals surface area contributed by atoms with Crippen LogP contribution in [0.1, 0.15) is 5.56 Å². The summed E-state index contributed by atoms with van der Waals surface area (Å²) in [6, 6.07) is 0.619. The summed E-state index contributed by atoms with van der Waals surface area (Å²) in [5.74, 6) is -2.34. The summed E-state index contributed by atoms with van der Waals surface area (Å²) in [6.07, 6.45) is 0. The molecule has 9 heteroatoms. The van der Waals surface area contributed by atoms with Crippen molar-refractivity contribution in [2.45, 2.75) is 11.6 Å². The van der Waals surface area contributed by atoms with Gasteiger partial charge in [0.05, 0.1) is 25.3 Å². The molecular formula is C15H11Cl2F2NO4. The van der Waals surface area contributed by atoms with Crippen LogP contribution in [0.4, 0.5) is 8.78 Å². The van der Waals surface area contributed by atoms with Crippen LogP contribution in [0.3, 0.4) is 0 Å². The number of rotatable bonds is 3. The highest BCUT2D eigenvalue weighted by molar-refractivity contribution is 6.35. The fourth-order valence-electron chi connectivity index (χ4n) is 3.13. The van der Waals surface area contributed by atoms with Gasteiger partial charge in [0.1, 0.15) is 5.57 Å². The van der Waals surface area contributed by atoms with E-state index in [0.29, 0.717) is 9.92 Å². The average molecular weight is 378 g/mol. The molecular weight excluding hydrogens is 367 g/mol. The van der Waals surface area contributed by atoms with Gasteiger partial charge in [-0.1, -0.05) is 29.3 Å². The molecule has 0 saturated carbocycles. The van der Waals surface area contributed by atoms with Gasteiger partial charge in [-0.3, -0.25) is 0 Å². The Balaban J connectivity index is 2.28. The van der Waals surface area contributed by atoms with Gasteiger partial charge in [0.2, 0.25) is 0 Å². The van der Waals surface area contributed by atoms with Crippen LogP contribution in [0.25, 0.3) is 0 Å². The van der Waals surface area contributed by atoms with Crippen LogP contribution in [0.5, 0.6) is 0 Å². The Hall–Kier alpha value is -1.70. The van der Waals surface area contributed by atoms with E-state index in [2.05, 4.69) is 9.47 Å². The Morgan fingerprint density at radius 1 is 1.12 bits per heavy atom. The molecule has 0 radical (unpaired) electrons. The number of hydrogen-bond acceptors (Lipinski definition) is 5.